The number of methoxy groups -OCH3 is 1. The molecule has 0 unspecified atom stereocenters. The lowest BCUT2D eigenvalue weighted by Gasteiger charge is -2.28. The van der Waals surface area contributed by atoms with Crippen molar-refractivity contribution in [2.24, 2.45) is 0 Å². The Labute approximate surface area is 188 Å². The van der Waals surface area contributed by atoms with Gasteiger partial charge in [-0.3, -0.25) is 9.59 Å². The van der Waals surface area contributed by atoms with Gasteiger partial charge < -0.3 is 24.7 Å². The standard InChI is InChI=1S/C25H30N2O5/c1-5-26(6-2)13-14-27-22(17-7-9-18(28)10-8-17)21(24(30)25(27)31)23(29)20-12-11-19(32-4)15-16(20)3/h7-12,15,22,28-29H,5-6,13-14H2,1-4H3/t22-/m0/s1. The van der Waals surface area contributed by atoms with Crippen LogP contribution in [0, 0.1) is 6.92 Å². The summed E-state index contributed by atoms with van der Waals surface area (Å²) in [6.45, 7) is 8.50. The van der Waals surface area contributed by atoms with Crippen molar-refractivity contribution in [3.63, 3.8) is 0 Å². The lowest BCUT2D eigenvalue weighted by atomic mass is 9.94. The maximum absolute atomic E-state index is 13.1. The maximum atomic E-state index is 13.1. The summed E-state index contributed by atoms with van der Waals surface area (Å²) >= 11 is 0. The van der Waals surface area contributed by atoms with E-state index in [9.17, 15) is 19.8 Å². The Morgan fingerprint density at radius 3 is 2.31 bits per heavy atom. The molecule has 0 aliphatic carbocycles. The number of aryl methyl sites for hydroxylation is 1. The minimum atomic E-state index is -0.743. The van der Waals surface area contributed by atoms with Gasteiger partial charge in [0.1, 0.15) is 17.3 Å². The van der Waals surface area contributed by atoms with Gasteiger partial charge in [-0.15, -0.1) is 0 Å². The molecule has 32 heavy (non-hydrogen) atoms. The van der Waals surface area contributed by atoms with E-state index < -0.39 is 17.7 Å². The first-order valence-corrected chi connectivity index (χ1v) is 10.8. The SMILES string of the molecule is CCN(CC)CCN1C(=O)C(=O)C(=C(O)c2ccc(OC)cc2C)[C@@H]1c1ccc(O)cc1. The second-order valence-electron chi connectivity index (χ2n) is 7.79. The molecule has 0 bridgehead atoms. The number of ketones is 1. The molecule has 1 amide bonds. The lowest BCUT2D eigenvalue weighted by molar-refractivity contribution is -0.140. The first-order valence-electron chi connectivity index (χ1n) is 10.8. The maximum Gasteiger partial charge on any atom is 0.295 e. The van der Waals surface area contributed by atoms with Crippen molar-refractivity contribution >= 4 is 17.4 Å². The van der Waals surface area contributed by atoms with Crippen molar-refractivity contribution in [2.45, 2.75) is 26.8 Å². The normalized spacial score (nSPS) is 17.9. The number of ether oxygens (including phenoxy) is 1. The minimum absolute atomic E-state index is 0.0495. The Morgan fingerprint density at radius 2 is 1.75 bits per heavy atom. The highest BCUT2D eigenvalue weighted by atomic mass is 16.5. The van der Waals surface area contributed by atoms with Crippen LogP contribution in [-0.4, -0.2) is 65.0 Å². The summed E-state index contributed by atoms with van der Waals surface area (Å²) in [5, 5.41) is 20.9. The number of amides is 1. The van der Waals surface area contributed by atoms with Crippen LogP contribution in [0.3, 0.4) is 0 Å². The Hall–Kier alpha value is -3.32. The fourth-order valence-electron chi connectivity index (χ4n) is 4.08. The number of aliphatic hydroxyl groups excluding tert-OH is 1. The number of phenolic OH excluding ortho intramolecular Hbond substituents is 1. The molecule has 2 aromatic rings. The zero-order valence-corrected chi connectivity index (χ0v) is 19.0. The van der Waals surface area contributed by atoms with Crippen LogP contribution in [0.4, 0.5) is 0 Å². The molecule has 7 heteroatoms. The number of benzene rings is 2. The molecular formula is C25H30N2O5. The Balaban J connectivity index is 2.12. The average Bonchev–Trinajstić information content (AvgIpc) is 3.04. The molecule has 1 fully saturated rings. The largest absolute Gasteiger partial charge is 0.508 e. The number of hydrogen-bond acceptors (Lipinski definition) is 6. The zero-order chi connectivity index (χ0) is 23.4. The average molecular weight is 439 g/mol. The molecule has 1 atom stereocenters. The summed E-state index contributed by atoms with van der Waals surface area (Å²) in [4.78, 5) is 29.8. The summed E-state index contributed by atoms with van der Waals surface area (Å²) < 4.78 is 5.23. The van der Waals surface area contributed by atoms with Crippen LogP contribution < -0.4 is 4.74 Å². The molecule has 170 valence electrons. The second-order valence-corrected chi connectivity index (χ2v) is 7.79. The number of nitrogens with zero attached hydrogens (tertiary/aromatic N) is 2. The second kappa shape index (κ2) is 9.87. The molecular weight excluding hydrogens is 408 g/mol. The van der Waals surface area contributed by atoms with Gasteiger partial charge in [0.15, 0.2) is 0 Å². The van der Waals surface area contributed by atoms with Gasteiger partial charge in [0.2, 0.25) is 0 Å². The molecule has 1 heterocycles. The summed E-state index contributed by atoms with van der Waals surface area (Å²) in [6, 6.07) is 10.8. The molecule has 0 saturated carbocycles. The molecule has 1 saturated heterocycles. The third-order valence-electron chi connectivity index (χ3n) is 5.99. The summed E-state index contributed by atoms with van der Waals surface area (Å²) in [5.74, 6) is -0.848. The molecule has 7 nitrogen and oxygen atoms in total. The molecule has 2 aromatic carbocycles. The fourth-order valence-corrected chi connectivity index (χ4v) is 4.08. The van der Waals surface area contributed by atoms with Crippen molar-refractivity contribution in [3.05, 3.63) is 64.7 Å². The molecule has 0 spiro atoms. The quantitative estimate of drug-likeness (QED) is 0.373. The first-order chi connectivity index (χ1) is 15.3. The lowest BCUT2D eigenvalue weighted by Crippen LogP contribution is -2.38. The monoisotopic (exact) mass is 438 g/mol. The van der Waals surface area contributed by atoms with Gasteiger partial charge >= 0.3 is 0 Å². The predicted molar refractivity (Wildman–Crippen MR) is 123 cm³/mol. The van der Waals surface area contributed by atoms with E-state index in [1.165, 1.54) is 17.0 Å². The van der Waals surface area contributed by atoms with Gasteiger partial charge in [0.25, 0.3) is 11.7 Å². The smallest absolute Gasteiger partial charge is 0.295 e. The highest BCUT2D eigenvalue weighted by Gasteiger charge is 2.46. The highest BCUT2D eigenvalue weighted by Crippen LogP contribution is 2.40. The van der Waals surface area contributed by atoms with Gasteiger partial charge in [-0.1, -0.05) is 26.0 Å². The number of aliphatic hydroxyl groups is 1. The van der Waals surface area contributed by atoms with E-state index in [1.807, 2.05) is 20.8 Å². The number of rotatable bonds is 8. The van der Waals surface area contributed by atoms with Gasteiger partial charge in [-0.2, -0.15) is 0 Å². The van der Waals surface area contributed by atoms with Crippen LogP contribution >= 0.6 is 0 Å². The van der Waals surface area contributed by atoms with E-state index in [2.05, 4.69) is 4.90 Å². The Morgan fingerprint density at radius 1 is 1.09 bits per heavy atom. The van der Waals surface area contributed by atoms with Crippen LogP contribution in [0.5, 0.6) is 11.5 Å². The van der Waals surface area contributed by atoms with Crippen molar-refractivity contribution in [3.8, 4) is 11.5 Å². The van der Waals surface area contributed by atoms with Crippen LogP contribution in [-0.2, 0) is 9.59 Å². The number of carbonyl (C=O) groups excluding carboxylic acids is 2. The van der Waals surface area contributed by atoms with Crippen molar-refractivity contribution in [2.75, 3.05) is 33.3 Å². The number of Topliss-reactive ketones (excluding diaryl/α,β-unsaturated/α-hetero) is 1. The van der Waals surface area contributed by atoms with Crippen LogP contribution in [0.1, 0.15) is 36.6 Å². The zero-order valence-electron chi connectivity index (χ0n) is 19.0. The molecule has 3 rings (SSSR count). The molecule has 1 aliphatic heterocycles. The Kier molecular flexibility index (Phi) is 7.20. The third kappa shape index (κ3) is 4.48. The minimum Gasteiger partial charge on any atom is -0.508 e. The Bertz CT molecular complexity index is 1030. The van der Waals surface area contributed by atoms with Gasteiger partial charge in [0, 0.05) is 18.7 Å². The van der Waals surface area contributed by atoms with E-state index in [-0.39, 0.29) is 17.1 Å². The predicted octanol–water partition coefficient (Wildman–Crippen LogP) is 3.47. The number of phenols is 1. The van der Waals surface area contributed by atoms with Gasteiger partial charge in [0.05, 0.1) is 18.7 Å². The summed E-state index contributed by atoms with van der Waals surface area (Å²) in [5.41, 5.74) is 1.89. The van der Waals surface area contributed by atoms with Crippen molar-refractivity contribution in [1.29, 1.82) is 0 Å². The number of carbonyl (C=O) groups is 2. The van der Waals surface area contributed by atoms with Crippen molar-refractivity contribution in [1.82, 2.24) is 9.80 Å². The van der Waals surface area contributed by atoms with Crippen molar-refractivity contribution < 1.29 is 24.5 Å². The molecule has 0 radical (unpaired) electrons. The van der Waals surface area contributed by atoms with Gasteiger partial charge in [-0.05, 0) is 61.5 Å². The number of likely N-dealkylation sites (tertiary alicyclic amines) is 1. The number of hydrogen-bond donors (Lipinski definition) is 2. The summed E-state index contributed by atoms with van der Waals surface area (Å²) in [7, 11) is 1.56. The fraction of sp³-hybridized carbons (Fsp3) is 0.360. The number of aromatic hydroxyl groups is 1. The topological polar surface area (TPSA) is 90.3 Å². The van der Waals surface area contributed by atoms with Gasteiger partial charge in [-0.25, -0.2) is 0 Å². The molecule has 1 aliphatic rings. The highest BCUT2D eigenvalue weighted by molar-refractivity contribution is 6.46. The van der Waals surface area contributed by atoms with E-state index in [1.54, 1.807) is 37.4 Å². The van der Waals surface area contributed by atoms with E-state index in [4.69, 9.17) is 4.74 Å². The van der Waals surface area contributed by atoms with E-state index in [0.717, 1.165) is 18.7 Å². The molecule has 2 N–H and O–H groups in total. The van der Waals surface area contributed by atoms with E-state index >= 15 is 0 Å². The number of likely N-dealkylation sites (N-methyl/N-ethyl adjacent to an activating group) is 1. The van der Waals surface area contributed by atoms with Crippen LogP contribution in [0.2, 0.25) is 0 Å². The van der Waals surface area contributed by atoms with Crippen LogP contribution in [0.15, 0.2) is 48.0 Å². The summed E-state index contributed by atoms with van der Waals surface area (Å²) in [6.07, 6.45) is 0. The third-order valence-corrected chi connectivity index (χ3v) is 5.99. The van der Waals surface area contributed by atoms with E-state index in [0.29, 0.717) is 30.0 Å². The molecule has 0 aromatic heterocycles. The first kappa shape index (κ1) is 23.3. The van der Waals surface area contributed by atoms with Crippen LogP contribution in [0.25, 0.3) is 5.76 Å².